The van der Waals surface area contributed by atoms with Gasteiger partial charge in [0.25, 0.3) is 5.91 Å². The molecule has 0 fully saturated rings. The summed E-state index contributed by atoms with van der Waals surface area (Å²) < 4.78 is 35.5. The van der Waals surface area contributed by atoms with E-state index in [0.29, 0.717) is 0 Å². The Balaban J connectivity index is 3.01. The Morgan fingerprint density at radius 1 is 1.40 bits per heavy atom. The van der Waals surface area contributed by atoms with Crippen LogP contribution in [0.2, 0.25) is 0 Å². The third-order valence-corrected chi connectivity index (χ3v) is 2.02. The average Bonchev–Trinajstić information content (AvgIpc) is 2.15. The van der Waals surface area contributed by atoms with Gasteiger partial charge in [-0.05, 0) is 12.1 Å². The fourth-order valence-corrected chi connectivity index (χ4v) is 1.35. The molecule has 1 aromatic carbocycles. The van der Waals surface area contributed by atoms with Crippen LogP contribution in [-0.2, 0) is 10.3 Å². The van der Waals surface area contributed by atoms with Crippen LogP contribution >= 0.6 is 0 Å². The average molecular weight is 231 g/mol. The molecule has 0 saturated carbocycles. The standard InChI is InChI=1S/C8H9NO5S/c1-14-7-5-3-2-4-6(7)8(10)9-15(11,12)13/h2-5H,1H3,(H,9,10)(H,11,12,13). The number of carbonyl (C=O) groups is 1. The van der Waals surface area contributed by atoms with Crippen LogP contribution in [0.1, 0.15) is 10.4 Å². The van der Waals surface area contributed by atoms with E-state index in [2.05, 4.69) is 0 Å². The van der Waals surface area contributed by atoms with E-state index in [-0.39, 0.29) is 11.3 Å². The van der Waals surface area contributed by atoms with Crippen molar-refractivity contribution in [3.05, 3.63) is 29.8 Å². The molecular weight excluding hydrogens is 222 g/mol. The van der Waals surface area contributed by atoms with Gasteiger partial charge in [0, 0.05) is 0 Å². The first kappa shape index (κ1) is 11.5. The molecule has 0 aromatic heterocycles. The van der Waals surface area contributed by atoms with Gasteiger partial charge in [0.05, 0.1) is 12.7 Å². The first-order valence-electron chi connectivity index (χ1n) is 3.86. The molecule has 7 heteroatoms. The molecule has 1 rings (SSSR count). The number of rotatable bonds is 3. The lowest BCUT2D eigenvalue weighted by Gasteiger charge is -2.06. The fraction of sp³-hybridized carbons (Fsp3) is 0.125. The molecule has 0 aliphatic rings. The Hall–Kier alpha value is -1.60. The summed E-state index contributed by atoms with van der Waals surface area (Å²) in [5.74, 6) is -0.728. The number of hydrogen-bond acceptors (Lipinski definition) is 4. The maximum Gasteiger partial charge on any atom is 0.359 e. The summed E-state index contributed by atoms with van der Waals surface area (Å²) in [6, 6.07) is 6.04. The van der Waals surface area contributed by atoms with Crippen LogP contribution < -0.4 is 9.46 Å². The molecule has 82 valence electrons. The number of methoxy groups -OCH3 is 1. The summed E-state index contributed by atoms with van der Waals surface area (Å²) in [4.78, 5) is 11.3. The number of benzene rings is 1. The summed E-state index contributed by atoms with van der Waals surface area (Å²) in [5, 5.41) is 0. The van der Waals surface area contributed by atoms with Crippen molar-refractivity contribution in [2.75, 3.05) is 7.11 Å². The third-order valence-electron chi connectivity index (χ3n) is 1.57. The lowest BCUT2D eigenvalue weighted by molar-refractivity contribution is 0.0976. The van der Waals surface area contributed by atoms with Gasteiger partial charge in [-0.25, -0.2) is 4.72 Å². The second-order valence-electron chi connectivity index (χ2n) is 2.61. The van der Waals surface area contributed by atoms with E-state index in [1.165, 1.54) is 24.0 Å². The highest BCUT2D eigenvalue weighted by Crippen LogP contribution is 2.16. The molecular formula is C8H9NO5S. The monoisotopic (exact) mass is 231 g/mol. The minimum atomic E-state index is -4.55. The van der Waals surface area contributed by atoms with Gasteiger partial charge < -0.3 is 4.74 Å². The highest BCUT2D eigenvalue weighted by molar-refractivity contribution is 7.84. The quantitative estimate of drug-likeness (QED) is 0.726. The van der Waals surface area contributed by atoms with Crippen LogP contribution in [0.25, 0.3) is 0 Å². The third kappa shape index (κ3) is 3.22. The molecule has 0 aliphatic heterocycles. The zero-order chi connectivity index (χ0) is 11.5. The van der Waals surface area contributed by atoms with Gasteiger partial charge in [-0.2, -0.15) is 8.42 Å². The second-order valence-corrected chi connectivity index (χ2v) is 3.76. The van der Waals surface area contributed by atoms with E-state index in [0.717, 1.165) is 0 Å². The van der Waals surface area contributed by atoms with Crippen molar-refractivity contribution in [2.24, 2.45) is 0 Å². The lowest BCUT2D eigenvalue weighted by atomic mass is 10.2. The number of carbonyl (C=O) groups excluding carboxylic acids is 1. The maximum absolute atomic E-state index is 11.3. The van der Waals surface area contributed by atoms with Crippen molar-refractivity contribution in [3.8, 4) is 5.75 Å². The molecule has 6 nitrogen and oxygen atoms in total. The van der Waals surface area contributed by atoms with Gasteiger partial charge in [0.2, 0.25) is 0 Å². The van der Waals surface area contributed by atoms with Crippen LogP contribution in [0.5, 0.6) is 5.75 Å². The molecule has 0 spiro atoms. The van der Waals surface area contributed by atoms with Gasteiger partial charge in [0.1, 0.15) is 5.75 Å². The first-order chi connectivity index (χ1) is 6.94. The summed E-state index contributed by atoms with van der Waals surface area (Å²) in [5.41, 5.74) is 0.0256. The molecule has 0 radical (unpaired) electrons. The van der Waals surface area contributed by atoms with E-state index in [1.54, 1.807) is 12.1 Å². The van der Waals surface area contributed by atoms with Gasteiger partial charge >= 0.3 is 10.3 Å². The van der Waals surface area contributed by atoms with Crippen molar-refractivity contribution in [2.45, 2.75) is 0 Å². The number of amides is 1. The van der Waals surface area contributed by atoms with Gasteiger partial charge in [-0.3, -0.25) is 9.35 Å². The molecule has 0 unspecified atom stereocenters. The summed E-state index contributed by atoms with van der Waals surface area (Å²) in [6.45, 7) is 0. The summed E-state index contributed by atoms with van der Waals surface area (Å²) in [7, 11) is -3.20. The molecule has 0 atom stereocenters. The van der Waals surface area contributed by atoms with Crippen molar-refractivity contribution in [1.29, 1.82) is 0 Å². The second kappa shape index (κ2) is 4.28. The van der Waals surface area contributed by atoms with Crippen LogP contribution in [-0.4, -0.2) is 26.0 Å². The molecule has 0 bridgehead atoms. The van der Waals surface area contributed by atoms with Crippen LogP contribution in [0.4, 0.5) is 0 Å². The van der Waals surface area contributed by atoms with Crippen LogP contribution in [0.3, 0.4) is 0 Å². The van der Waals surface area contributed by atoms with E-state index in [4.69, 9.17) is 9.29 Å². The molecule has 15 heavy (non-hydrogen) atoms. The van der Waals surface area contributed by atoms with Crippen molar-refractivity contribution < 1.29 is 22.5 Å². The Kier molecular flexibility index (Phi) is 3.28. The van der Waals surface area contributed by atoms with Crippen LogP contribution in [0.15, 0.2) is 24.3 Å². The molecule has 0 aliphatic carbocycles. The minimum Gasteiger partial charge on any atom is -0.496 e. The smallest absolute Gasteiger partial charge is 0.359 e. The highest BCUT2D eigenvalue weighted by Gasteiger charge is 2.15. The van der Waals surface area contributed by atoms with Gasteiger partial charge in [-0.1, -0.05) is 12.1 Å². The topological polar surface area (TPSA) is 92.7 Å². The zero-order valence-corrected chi connectivity index (χ0v) is 8.61. The SMILES string of the molecule is COc1ccccc1C(=O)NS(=O)(=O)O. The summed E-state index contributed by atoms with van der Waals surface area (Å²) in [6.07, 6.45) is 0. The van der Waals surface area contributed by atoms with Crippen LogP contribution in [0, 0.1) is 0 Å². The number of para-hydroxylation sites is 1. The predicted molar refractivity (Wildman–Crippen MR) is 52.0 cm³/mol. The Morgan fingerprint density at radius 2 is 2.00 bits per heavy atom. The Bertz CT molecular complexity index is 468. The van der Waals surface area contributed by atoms with Crippen molar-refractivity contribution in [1.82, 2.24) is 4.72 Å². The lowest BCUT2D eigenvalue weighted by Crippen LogP contribution is -2.29. The molecule has 1 amide bonds. The number of hydrogen-bond donors (Lipinski definition) is 2. The van der Waals surface area contributed by atoms with E-state index >= 15 is 0 Å². The highest BCUT2D eigenvalue weighted by atomic mass is 32.2. The molecule has 0 saturated heterocycles. The molecule has 0 heterocycles. The first-order valence-corrected chi connectivity index (χ1v) is 5.30. The molecule has 1 aromatic rings. The van der Waals surface area contributed by atoms with Crippen molar-refractivity contribution in [3.63, 3.8) is 0 Å². The maximum atomic E-state index is 11.3. The fourth-order valence-electron chi connectivity index (χ4n) is 1.00. The van der Waals surface area contributed by atoms with Crippen molar-refractivity contribution >= 4 is 16.2 Å². The normalized spacial score (nSPS) is 10.8. The predicted octanol–water partition coefficient (Wildman–Crippen LogP) is 0.228. The van der Waals surface area contributed by atoms with E-state index in [9.17, 15) is 13.2 Å². The van der Waals surface area contributed by atoms with Gasteiger partial charge in [0.15, 0.2) is 0 Å². The summed E-state index contributed by atoms with van der Waals surface area (Å²) >= 11 is 0. The number of nitrogens with one attached hydrogen (secondary N) is 1. The Labute approximate surface area is 86.8 Å². The molecule has 2 N–H and O–H groups in total. The zero-order valence-electron chi connectivity index (χ0n) is 7.80. The minimum absolute atomic E-state index is 0.0256. The number of ether oxygens (including phenoxy) is 1. The van der Waals surface area contributed by atoms with E-state index < -0.39 is 16.2 Å². The van der Waals surface area contributed by atoms with Gasteiger partial charge in [-0.15, -0.1) is 0 Å². The van der Waals surface area contributed by atoms with E-state index in [1.807, 2.05) is 0 Å². The Morgan fingerprint density at radius 3 is 2.53 bits per heavy atom. The largest absolute Gasteiger partial charge is 0.496 e.